The molecule has 0 rings (SSSR count). The van der Waals surface area contributed by atoms with Crippen LogP contribution in [-0.2, 0) is 19.1 Å². The highest BCUT2D eigenvalue weighted by Gasteiger charge is 2.47. The average Bonchev–Trinajstić information content (AvgIpc) is 1.97. The summed E-state index contributed by atoms with van der Waals surface area (Å²) in [7, 11) is -5.69. The van der Waals surface area contributed by atoms with Gasteiger partial charge in [-0.05, 0) is 6.92 Å². The molecule has 0 aliphatic carbocycles. The molecule has 0 unspecified atom stereocenters. The van der Waals surface area contributed by atoms with Gasteiger partial charge in [0.1, 0.15) is 0 Å². The van der Waals surface area contributed by atoms with E-state index in [1.54, 1.807) is 0 Å². The van der Waals surface area contributed by atoms with E-state index < -0.39 is 34.1 Å². The molecule has 14 heavy (non-hydrogen) atoms. The standard InChI is InChI=1S/C5H7F3O5S/c1-3(4(9)10)2-13-14(11,12)5(6,7)8/h3H,2H2,1H3,(H,9,10)/t3-/m1/s1. The number of carbonyl (C=O) groups is 1. The number of halogens is 3. The van der Waals surface area contributed by atoms with E-state index in [9.17, 15) is 26.4 Å². The van der Waals surface area contributed by atoms with Crippen molar-refractivity contribution in [3.8, 4) is 0 Å². The molecule has 5 nitrogen and oxygen atoms in total. The van der Waals surface area contributed by atoms with E-state index in [4.69, 9.17) is 5.11 Å². The molecule has 0 spiro atoms. The second-order valence-electron chi connectivity index (χ2n) is 2.42. The molecule has 9 heteroatoms. The Morgan fingerprint density at radius 3 is 2.21 bits per heavy atom. The van der Waals surface area contributed by atoms with Crippen molar-refractivity contribution < 1.29 is 35.7 Å². The van der Waals surface area contributed by atoms with Crippen molar-refractivity contribution in [1.82, 2.24) is 0 Å². The van der Waals surface area contributed by atoms with Gasteiger partial charge in [0.05, 0.1) is 12.5 Å². The first-order valence-corrected chi connectivity index (χ1v) is 4.67. The Bertz CT molecular complexity index is 306. The molecule has 0 aromatic carbocycles. The molecule has 0 saturated heterocycles. The predicted octanol–water partition coefficient (Wildman–Crippen LogP) is 0.573. The van der Waals surface area contributed by atoms with Crippen molar-refractivity contribution in [2.24, 2.45) is 5.92 Å². The van der Waals surface area contributed by atoms with Gasteiger partial charge in [0.15, 0.2) is 0 Å². The van der Waals surface area contributed by atoms with Crippen molar-refractivity contribution in [2.45, 2.75) is 12.4 Å². The molecule has 0 aliphatic rings. The summed E-state index contributed by atoms with van der Waals surface area (Å²) in [5.41, 5.74) is -5.52. The van der Waals surface area contributed by atoms with Crippen LogP contribution in [0.5, 0.6) is 0 Å². The van der Waals surface area contributed by atoms with Crippen LogP contribution in [0.2, 0.25) is 0 Å². The molecule has 0 amide bonds. The number of carboxylic acids is 1. The Balaban J connectivity index is 4.36. The maximum atomic E-state index is 11.6. The Kier molecular flexibility index (Phi) is 3.89. The van der Waals surface area contributed by atoms with Crippen LogP contribution in [0.4, 0.5) is 13.2 Å². The number of carboxylic acid groups (broad SMARTS) is 1. The molecule has 0 fully saturated rings. The topological polar surface area (TPSA) is 80.7 Å². The fraction of sp³-hybridized carbons (Fsp3) is 0.800. The lowest BCUT2D eigenvalue weighted by Gasteiger charge is -2.09. The van der Waals surface area contributed by atoms with Gasteiger partial charge in [-0.2, -0.15) is 21.6 Å². The van der Waals surface area contributed by atoms with Crippen LogP contribution in [0, 0.1) is 5.92 Å². The lowest BCUT2D eigenvalue weighted by atomic mass is 10.2. The van der Waals surface area contributed by atoms with Gasteiger partial charge in [-0.1, -0.05) is 0 Å². The fourth-order valence-corrected chi connectivity index (χ4v) is 0.847. The highest BCUT2D eigenvalue weighted by molar-refractivity contribution is 7.87. The smallest absolute Gasteiger partial charge is 0.481 e. The molecule has 0 radical (unpaired) electrons. The van der Waals surface area contributed by atoms with E-state index in [1.807, 2.05) is 0 Å². The van der Waals surface area contributed by atoms with Gasteiger partial charge in [-0.25, -0.2) is 0 Å². The predicted molar refractivity (Wildman–Crippen MR) is 37.7 cm³/mol. The van der Waals surface area contributed by atoms with Gasteiger partial charge >= 0.3 is 21.6 Å². The van der Waals surface area contributed by atoms with Crippen molar-refractivity contribution >= 4 is 16.1 Å². The zero-order valence-electron chi connectivity index (χ0n) is 6.91. The monoisotopic (exact) mass is 236 g/mol. The zero-order chi connectivity index (χ0) is 11.6. The first kappa shape index (κ1) is 13.2. The van der Waals surface area contributed by atoms with Crippen molar-refractivity contribution in [3.63, 3.8) is 0 Å². The lowest BCUT2D eigenvalue weighted by Crippen LogP contribution is -2.28. The lowest BCUT2D eigenvalue weighted by molar-refractivity contribution is -0.142. The third kappa shape index (κ3) is 3.50. The van der Waals surface area contributed by atoms with Gasteiger partial charge in [-0.3, -0.25) is 8.98 Å². The van der Waals surface area contributed by atoms with Crippen molar-refractivity contribution in [3.05, 3.63) is 0 Å². The SMILES string of the molecule is C[C@H](COS(=O)(=O)C(F)(F)F)C(=O)O. The maximum absolute atomic E-state index is 11.6. The van der Waals surface area contributed by atoms with Crippen LogP contribution in [0.25, 0.3) is 0 Å². The van der Waals surface area contributed by atoms with Crippen LogP contribution in [0.1, 0.15) is 6.92 Å². The van der Waals surface area contributed by atoms with Crippen LogP contribution < -0.4 is 0 Å². The minimum Gasteiger partial charge on any atom is -0.481 e. The van der Waals surface area contributed by atoms with Crippen molar-refractivity contribution in [2.75, 3.05) is 6.61 Å². The number of hydrogen-bond donors (Lipinski definition) is 1. The highest BCUT2D eigenvalue weighted by Crippen LogP contribution is 2.24. The second kappa shape index (κ2) is 4.13. The highest BCUT2D eigenvalue weighted by atomic mass is 32.2. The van der Waals surface area contributed by atoms with Crippen LogP contribution in [0.15, 0.2) is 0 Å². The molecule has 0 aromatic heterocycles. The van der Waals surface area contributed by atoms with E-state index in [1.165, 1.54) is 0 Å². The van der Waals surface area contributed by atoms with Crippen LogP contribution >= 0.6 is 0 Å². The summed E-state index contributed by atoms with van der Waals surface area (Å²) >= 11 is 0. The molecule has 1 N–H and O–H groups in total. The third-order valence-electron chi connectivity index (χ3n) is 1.18. The Morgan fingerprint density at radius 1 is 1.50 bits per heavy atom. The summed E-state index contributed by atoms with van der Waals surface area (Å²) in [5, 5.41) is 8.23. The van der Waals surface area contributed by atoms with Crippen LogP contribution in [0.3, 0.4) is 0 Å². The van der Waals surface area contributed by atoms with E-state index in [0.29, 0.717) is 0 Å². The van der Waals surface area contributed by atoms with Gasteiger partial charge < -0.3 is 5.11 Å². The number of rotatable bonds is 4. The Morgan fingerprint density at radius 2 is 1.93 bits per heavy atom. The van der Waals surface area contributed by atoms with E-state index in [0.717, 1.165) is 6.92 Å². The number of alkyl halides is 3. The zero-order valence-corrected chi connectivity index (χ0v) is 7.72. The Hall–Kier alpha value is -0.830. The molecule has 84 valence electrons. The molecule has 0 saturated carbocycles. The van der Waals surface area contributed by atoms with E-state index in [-0.39, 0.29) is 0 Å². The maximum Gasteiger partial charge on any atom is 0.523 e. The first-order valence-electron chi connectivity index (χ1n) is 3.26. The average molecular weight is 236 g/mol. The molecular weight excluding hydrogens is 229 g/mol. The van der Waals surface area contributed by atoms with Gasteiger partial charge in [0.2, 0.25) is 0 Å². The molecule has 0 aliphatic heterocycles. The third-order valence-corrected chi connectivity index (χ3v) is 2.19. The molecule has 0 aromatic rings. The fourth-order valence-electron chi connectivity index (χ4n) is 0.330. The van der Waals surface area contributed by atoms with E-state index >= 15 is 0 Å². The summed E-state index contributed by atoms with van der Waals surface area (Å²) in [6.07, 6.45) is 0. The molecular formula is C5H7F3O5S. The van der Waals surface area contributed by atoms with Gasteiger partial charge in [0.25, 0.3) is 0 Å². The summed E-state index contributed by atoms with van der Waals surface area (Å²) in [4.78, 5) is 10.1. The summed E-state index contributed by atoms with van der Waals surface area (Å²) in [5.74, 6) is -2.77. The molecule has 1 atom stereocenters. The largest absolute Gasteiger partial charge is 0.523 e. The van der Waals surface area contributed by atoms with Gasteiger partial charge in [-0.15, -0.1) is 0 Å². The van der Waals surface area contributed by atoms with Crippen LogP contribution in [-0.4, -0.2) is 31.6 Å². The first-order chi connectivity index (χ1) is 6.08. The molecule has 0 bridgehead atoms. The molecule has 0 heterocycles. The minimum absolute atomic E-state index is 1.02. The minimum atomic E-state index is -5.69. The second-order valence-corrected chi connectivity index (χ2v) is 4.03. The summed E-state index contributed by atoms with van der Waals surface area (Å²) in [6, 6.07) is 0. The Labute approximate surface area is 77.6 Å². The summed E-state index contributed by atoms with van der Waals surface area (Å²) in [6.45, 7) is -0.0224. The van der Waals surface area contributed by atoms with E-state index in [2.05, 4.69) is 4.18 Å². The number of hydrogen-bond acceptors (Lipinski definition) is 4. The normalized spacial score (nSPS) is 15.1. The summed E-state index contributed by atoms with van der Waals surface area (Å²) < 4.78 is 58.8. The van der Waals surface area contributed by atoms with Gasteiger partial charge in [0, 0.05) is 0 Å². The number of aliphatic carboxylic acids is 1. The van der Waals surface area contributed by atoms with Crippen molar-refractivity contribution in [1.29, 1.82) is 0 Å². The quantitative estimate of drug-likeness (QED) is 0.570.